The van der Waals surface area contributed by atoms with E-state index in [0.29, 0.717) is 29.6 Å². The average Bonchev–Trinajstić information content (AvgIpc) is 3.35. The molecule has 2 unspecified atom stereocenters. The van der Waals surface area contributed by atoms with Crippen LogP contribution in [0.25, 0.3) is 0 Å². The van der Waals surface area contributed by atoms with Crippen molar-refractivity contribution in [3.8, 4) is 0 Å². The van der Waals surface area contributed by atoms with E-state index in [0.717, 1.165) is 32.4 Å². The summed E-state index contributed by atoms with van der Waals surface area (Å²) in [5.74, 6) is 2.28. The number of nitrogens with zero attached hydrogens (tertiary/aromatic N) is 1. The van der Waals surface area contributed by atoms with Gasteiger partial charge in [-0.3, -0.25) is 4.79 Å². The Balaban J connectivity index is 2.06. The van der Waals surface area contributed by atoms with Crippen molar-refractivity contribution >= 4 is 5.91 Å². The first-order valence-corrected chi connectivity index (χ1v) is 8.86. The highest BCUT2D eigenvalue weighted by Gasteiger charge is 2.34. The van der Waals surface area contributed by atoms with Crippen LogP contribution in [0.1, 0.15) is 58.4 Å². The van der Waals surface area contributed by atoms with Crippen LogP contribution in [0.15, 0.2) is 30.3 Å². The third kappa shape index (κ3) is 4.59. The molecule has 2 atom stereocenters. The molecule has 0 heterocycles. The van der Waals surface area contributed by atoms with Crippen LogP contribution in [0.3, 0.4) is 0 Å². The van der Waals surface area contributed by atoms with Gasteiger partial charge in [0.2, 0.25) is 5.91 Å². The van der Waals surface area contributed by atoms with E-state index in [1.54, 1.807) is 0 Å². The number of amides is 1. The van der Waals surface area contributed by atoms with E-state index in [1.165, 1.54) is 5.56 Å². The Labute approximate surface area is 135 Å². The molecule has 0 aliphatic heterocycles. The molecule has 0 N–H and O–H groups in total. The van der Waals surface area contributed by atoms with Crippen LogP contribution in [-0.2, 0) is 4.79 Å². The van der Waals surface area contributed by atoms with E-state index >= 15 is 0 Å². The molecule has 0 spiro atoms. The summed E-state index contributed by atoms with van der Waals surface area (Å²) in [4.78, 5) is 14.7. The fourth-order valence-electron chi connectivity index (χ4n) is 3.24. The first-order chi connectivity index (χ1) is 10.5. The standard InChI is InChI=1S/C20H31NO/c1-5-17(16(4)18-9-7-6-8-10-18)14-21(13-15(2)3)20(22)19-11-12-19/h6-10,15-17,19H,5,11-14H2,1-4H3. The minimum atomic E-state index is 0.322. The minimum Gasteiger partial charge on any atom is -0.342 e. The smallest absolute Gasteiger partial charge is 0.225 e. The summed E-state index contributed by atoms with van der Waals surface area (Å²) in [6, 6.07) is 10.7. The molecule has 2 heteroatoms. The Kier molecular flexibility index (Phi) is 6.05. The monoisotopic (exact) mass is 301 g/mol. The molecular weight excluding hydrogens is 270 g/mol. The summed E-state index contributed by atoms with van der Waals surface area (Å²) >= 11 is 0. The van der Waals surface area contributed by atoms with Gasteiger partial charge in [0, 0.05) is 19.0 Å². The van der Waals surface area contributed by atoms with Gasteiger partial charge < -0.3 is 4.90 Å². The van der Waals surface area contributed by atoms with Gasteiger partial charge >= 0.3 is 0 Å². The molecule has 2 nitrogen and oxygen atoms in total. The van der Waals surface area contributed by atoms with Crippen LogP contribution in [-0.4, -0.2) is 23.9 Å². The van der Waals surface area contributed by atoms with Crippen molar-refractivity contribution in [1.29, 1.82) is 0 Å². The number of carbonyl (C=O) groups excluding carboxylic acids is 1. The van der Waals surface area contributed by atoms with Gasteiger partial charge in [0.05, 0.1) is 0 Å². The first kappa shape index (κ1) is 17.1. The van der Waals surface area contributed by atoms with Crippen molar-refractivity contribution in [3.63, 3.8) is 0 Å². The third-order valence-corrected chi connectivity index (χ3v) is 4.84. The zero-order valence-corrected chi connectivity index (χ0v) is 14.6. The maximum absolute atomic E-state index is 12.6. The van der Waals surface area contributed by atoms with E-state index < -0.39 is 0 Å². The van der Waals surface area contributed by atoms with E-state index in [9.17, 15) is 4.79 Å². The molecule has 0 bridgehead atoms. The van der Waals surface area contributed by atoms with Gasteiger partial charge in [0.25, 0.3) is 0 Å². The predicted molar refractivity (Wildman–Crippen MR) is 92.8 cm³/mol. The van der Waals surface area contributed by atoms with Crippen molar-refractivity contribution in [2.45, 2.75) is 52.9 Å². The highest BCUT2D eigenvalue weighted by atomic mass is 16.2. The van der Waals surface area contributed by atoms with Crippen LogP contribution in [0.5, 0.6) is 0 Å². The van der Waals surface area contributed by atoms with Crippen LogP contribution in [0, 0.1) is 17.8 Å². The number of hydrogen-bond acceptors (Lipinski definition) is 1. The molecule has 1 amide bonds. The quantitative estimate of drug-likeness (QED) is 0.681. The second-order valence-electron chi connectivity index (χ2n) is 7.28. The van der Waals surface area contributed by atoms with Crippen molar-refractivity contribution in [2.75, 3.05) is 13.1 Å². The average molecular weight is 301 g/mol. The largest absolute Gasteiger partial charge is 0.342 e. The Morgan fingerprint density at radius 2 is 1.77 bits per heavy atom. The van der Waals surface area contributed by atoms with Crippen molar-refractivity contribution in [3.05, 3.63) is 35.9 Å². The van der Waals surface area contributed by atoms with Crippen molar-refractivity contribution in [1.82, 2.24) is 4.90 Å². The second kappa shape index (κ2) is 7.80. The molecule has 122 valence electrons. The Bertz CT molecular complexity index is 464. The maximum Gasteiger partial charge on any atom is 0.225 e. The molecule has 22 heavy (non-hydrogen) atoms. The van der Waals surface area contributed by atoms with Crippen LogP contribution >= 0.6 is 0 Å². The van der Waals surface area contributed by atoms with Crippen LogP contribution in [0.4, 0.5) is 0 Å². The minimum absolute atomic E-state index is 0.322. The number of rotatable bonds is 8. The number of carbonyl (C=O) groups is 1. The summed E-state index contributed by atoms with van der Waals surface area (Å²) in [5.41, 5.74) is 1.39. The van der Waals surface area contributed by atoms with Gasteiger partial charge in [-0.1, -0.05) is 64.4 Å². The van der Waals surface area contributed by atoms with Gasteiger partial charge in [0.1, 0.15) is 0 Å². The van der Waals surface area contributed by atoms with E-state index in [2.05, 4.69) is 62.9 Å². The zero-order valence-electron chi connectivity index (χ0n) is 14.6. The van der Waals surface area contributed by atoms with E-state index in [-0.39, 0.29) is 0 Å². The van der Waals surface area contributed by atoms with Gasteiger partial charge in [-0.15, -0.1) is 0 Å². The molecule has 1 aromatic carbocycles. The van der Waals surface area contributed by atoms with Crippen LogP contribution in [0.2, 0.25) is 0 Å². The molecule has 1 aliphatic carbocycles. The van der Waals surface area contributed by atoms with E-state index in [4.69, 9.17) is 0 Å². The normalized spacial score (nSPS) is 17.3. The molecule has 1 fully saturated rings. The first-order valence-electron chi connectivity index (χ1n) is 8.86. The molecule has 1 aromatic rings. The highest BCUT2D eigenvalue weighted by Crippen LogP contribution is 2.33. The third-order valence-electron chi connectivity index (χ3n) is 4.84. The lowest BCUT2D eigenvalue weighted by Crippen LogP contribution is -2.40. The summed E-state index contributed by atoms with van der Waals surface area (Å²) in [7, 11) is 0. The maximum atomic E-state index is 12.6. The van der Waals surface area contributed by atoms with Crippen LogP contribution < -0.4 is 0 Å². The lowest BCUT2D eigenvalue weighted by atomic mass is 9.85. The lowest BCUT2D eigenvalue weighted by Gasteiger charge is -2.32. The van der Waals surface area contributed by atoms with Gasteiger partial charge in [-0.25, -0.2) is 0 Å². The summed E-state index contributed by atoms with van der Waals surface area (Å²) in [5, 5.41) is 0. The number of benzene rings is 1. The van der Waals surface area contributed by atoms with Crippen molar-refractivity contribution < 1.29 is 4.79 Å². The molecule has 1 aliphatic rings. The Morgan fingerprint density at radius 1 is 1.14 bits per heavy atom. The fourth-order valence-corrected chi connectivity index (χ4v) is 3.24. The molecular formula is C20H31NO. The fraction of sp³-hybridized carbons (Fsp3) is 0.650. The van der Waals surface area contributed by atoms with Gasteiger partial charge in [-0.05, 0) is 36.2 Å². The predicted octanol–water partition coefficient (Wildman–Crippen LogP) is 4.71. The number of hydrogen-bond donors (Lipinski definition) is 0. The van der Waals surface area contributed by atoms with Gasteiger partial charge in [-0.2, -0.15) is 0 Å². The molecule has 2 rings (SSSR count). The summed E-state index contributed by atoms with van der Waals surface area (Å²) in [6.45, 7) is 10.8. The summed E-state index contributed by atoms with van der Waals surface area (Å²) in [6.07, 6.45) is 3.31. The SMILES string of the molecule is CCC(CN(CC(C)C)C(=O)C1CC1)C(C)c1ccccc1. The molecule has 1 saturated carbocycles. The lowest BCUT2D eigenvalue weighted by molar-refractivity contribution is -0.133. The van der Waals surface area contributed by atoms with Gasteiger partial charge in [0.15, 0.2) is 0 Å². The summed E-state index contributed by atoms with van der Waals surface area (Å²) < 4.78 is 0. The Hall–Kier alpha value is -1.31. The Morgan fingerprint density at radius 3 is 2.27 bits per heavy atom. The second-order valence-corrected chi connectivity index (χ2v) is 7.28. The van der Waals surface area contributed by atoms with Crippen molar-refractivity contribution in [2.24, 2.45) is 17.8 Å². The van der Waals surface area contributed by atoms with E-state index in [1.807, 2.05) is 0 Å². The molecule has 0 radical (unpaired) electrons. The molecule has 0 saturated heterocycles. The topological polar surface area (TPSA) is 20.3 Å². The highest BCUT2D eigenvalue weighted by molar-refractivity contribution is 5.81. The zero-order chi connectivity index (χ0) is 16.1. The molecule has 0 aromatic heterocycles.